The van der Waals surface area contributed by atoms with E-state index in [-0.39, 0.29) is 11.3 Å². The molecule has 2 N–H and O–H groups in total. The van der Waals surface area contributed by atoms with Gasteiger partial charge in [0, 0.05) is 6.54 Å². The van der Waals surface area contributed by atoms with Crippen LogP contribution in [0.25, 0.3) is 0 Å². The molecule has 1 aromatic rings. The Bertz CT molecular complexity index is 436. The number of carbonyl (C=O) groups excluding carboxylic acids is 1. The van der Waals surface area contributed by atoms with Gasteiger partial charge in [-0.1, -0.05) is 44.2 Å². The zero-order valence-corrected chi connectivity index (χ0v) is 13.3. The second-order valence-corrected chi connectivity index (χ2v) is 6.49. The topological polar surface area (TPSA) is 41.1 Å². The minimum Gasteiger partial charge on any atom is -0.355 e. The van der Waals surface area contributed by atoms with Crippen LogP contribution in [0.1, 0.15) is 45.1 Å². The van der Waals surface area contributed by atoms with Crippen molar-refractivity contribution in [1.82, 2.24) is 10.6 Å². The fourth-order valence-corrected chi connectivity index (χ4v) is 3.14. The van der Waals surface area contributed by atoms with Crippen LogP contribution >= 0.6 is 0 Å². The van der Waals surface area contributed by atoms with E-state index in [4.69, 9.17) is 0 Å². The van der Waals surface area contributed by atoms with Gasteiger partial charge in [0.15, 0.2) is 0 Å². The molecule has 0 saturated carbocycles. The molecule has 0 aliphatic carbocycles. The molecule has 0 aromatic heterocycles. The average Bonchev–Trinajstić information content (AvgIpc) is 2.52. The number of hydrogen-bond acceptors (Lipinski definition) is 2. The highest BCUT2D eigenvalue weighted by Crippen LogP contribution is 2.33. The first-order valence-corrected chi connectivity index (χ1v) is 8.20. The lowest BCUT2D eigenvalue weighted by Gasteiger charge is -2.36. The first-order valence-electron chi connectivity index (χ1n) is 8.20. The van der Waals surface area contributed by atoms with Crippen LogP contribution in [0.4, 0.5) is 0 Å². The average molecular weight is 288 g/mol. The van der Waals surface area contributed by atoms with Gasteiger partial charge in [-0.25, -0.2) is 0 Å². The molecule has 116 valence electrons. The molecule has 0 atom stereocenters. The number of nitrogens with one attached hydrogen (secondary N) is 2. The predicted molar refractivity (Wildman–Crippen MR) is 87.3 cm³/mol. The third kappa shape index (κ3) is 4.07. The lowest BCUT2D eigenvalue weighted by Crippen LogP contribution is -2.50. The van der Waals surface area contributed by atoms with Crippen molar-refractivity contribution in [2.45, 2.75) is 44.9 Å². The van der Waals surface area contributed by atoms with Crippen LogP contribution in [0.2, 0.25) is 0 Å². The van der Waals surface area contributed by atoms with Gasteiger partial charge >= 0.3 is 0 Å². The summed E-state index contributed by atoms with van der Waals surface area (Å²) >= 11 is 0. The van der Waals surface area contributed by atoms with Gasteiger partial charge in [0.25, 0.3) is 0 Å². The van der Waals surface area contributed by atoms with Gasteiger partial charge in [-0.15, -0.1) is 0 Å². The van der Waals surface area contributed by atoms with Gasteiger partial charge < -0.3 is 10.6 Å². The van der Waals surface area contributed by atoms with E-state index in [0.717, 1.165) is 44.5 Å². The van der Waals surface area contributed by atoms with Crippen LogP contribution in [0.15, 0.2) is 30.3 Å². The van der Waals surface area contributed by atoms with E-state index in [1.54, 1.807) is 0 Å². The molecule has 0 unspecified atom stereocenters. The largest absolute Gasteiger partial charge is 0.355 e. The normalized spacial score (nSPS) is 17.7. The van der Waals surface area contributed by atoms with Gasteiger partial charge in [0.1, 0.15) is 0 Å². The first kappa shape index (κ1) is 16.0. The molecule has 3 nitrogen and oxygen atoms in total. The zero-order chi connectivity index (χ0) is 15.1. The standard InChI is InChI=1S/C18H28N2O/c1-15(2)7-6-12-20-17(21)18(10-13-19-14-11-18)16-8-4-3-5-9-16/h3-5,8-9,15,19H,6-7,10-14H2,1-2H3,(H,20,21). The van der Waals surface area contributed by atoms with Crippen molar-refractivity contribution in [2.75, 3.05) is 19.6 Å². The summed E-state index contributed by atoms with van der Waals surface area (Å²) in [4.78, 5) is 12.8. The van der Waals surface area contributed by atoms with E-state index >= 15 is 0 Å². The number of rotatable bonds is 6. The van der Waals surface area contributed by atoms with Crippen molar-refractivity contribution in [3.8, 4) is 0 Å². The zero-order valence-electron chi connectivity index (χ0n) is 13.3. The molecular formula is C18H28N2O. The van der Waals surface area contributed by atoms with Crippen LogP contribution in [-0.4, -0.2) is 25.5 Å². The van der Waals surface area contributed by atoms with Crippen LogP contribution in [0, 0.1) is 5.92 Å². The van der Waals surface area contributed by atoms with Gasteiger partial charge in [-0.05, 0) is 50.3 Å². The summed E-state index contributed by atoms with van der Waals surface area (Å²) in [5, 5.41) is 6.55. The van der Waals surface area contributed by atoms with Gasteiger partial charge in [-0.3, -0.25) is 4.79 Å². The molecule has 21 heavy (non-hydrogen) atoms. The van der Waals surface area contributed by atoms with E-state index in [1.165, 1.54) is 6.42 Å². The SMILES string of the molecule is CC(C)CCCNC(=O)C1(c2ccccc2)CCNCC1. The summed E-state index contributed by atoms with van der Waals surface area (Å²) in [7, 11) is 0. The number of benzene rings is 1. The molecule has 1 aliphatic heterocycles. The maximum absolute atomic E-state index is 12.8. The summed E-state index contributed by atoms with van der Waals surface area (Å²) in [5.41, 5.74) is 0.817. The van der Waals surface area contributed by atoms with Crippen molar-refractivity contribution in [3.63, 3.8) is 0 Å². The summed E-state index contributed by atoms with van der Waals surface area (Å²) in [6, 6.07) is 10.3. The molecule has 3 heteroatoms. The predicted octanol–water partition coefficient (Wildman–Crippen LogP) is 2.86. The highest BCUT2D eigenvalue weighted by molar-refractivity contribution is 5.88. The number of hydrogen-bond donors (Lipinski definition) is 2. The Morgan fingerprint density at radius 2 is 1.90 bits per heavy atom. The molecule has 0 radical (unpaired) electrons. The van der Waals surface area contributed by atoms with Gasteiger partial charge in [-0.2, -0.15) is 0 Å². The maximum atomic E-state index is 12.8. The number of carbonyl (C=O) groups is 1. The van der Waals surface area contributed by atoms with Crippen molar-refractivity contribution >= 4 is 5.91 Å². The van der Waals surface area contributed by atoms with E-state index in [2.05, 4.69) is 36.6 Å². The van der Waals surface area contributed by atoms with Gasteiger partial charge in [0.05, 0.1) is 5.41 Å². The van der Waals surface area contributed by atoms with E-state index in [0.29, 0.717) is 5.92 Å². The van der Waals surface area contributed by atoms with Crippen LogP contribution in [-0.2, 0) is 10.2 Å². The Hall–Kier alpha value is -1.35. The molecule has 1 aromatic carbocycles. The van der Waals surface area contributed by atoms with Crippen molar-refractivity contribution < 1.29 is 4.79 Å². The van der Waals surface area contributed by atoms with Crippen molar-refractivity contribution in [1.29, 1.82) is 0 Å². The van der Waals surface area contributed by atoms with Crippen LogP contribution in [0.3, 0.4) is 0 Å². The maximum Gasteiger partial charge on any atom is 0.230 e. The fourth-order valence-electron chi connectivity index (χ4n) is 3.14. The number of amides is 1. The van der Waals surface area contributed by atoms with E-state index in [1.807, 2.05) is 18.2 Å². The lowest BCUT2D eigenvalue weighted by molar-refractivity contribution is -0.127. The van der Waals surface area contributed by atoms with E-state index in [9.17, 15) is 4.79 Å². The molecule has 0 spiro atoms. The Morgan fingerprint density at radius 1 is 1.24 bits per heavy atom. The Kier molecular flexibility index (Phi) is 5.80. The second-order valence-electron chi connectivity index (χ2n) is 6.49. The lowest BCUT2D eigenvalue weighted by atomic mass is 9.72. The Labute approximate surface area is 128 Å². The Balaban J connectivity index is 2.04. The molecule has 1 aliphatic rings. The summed E-state index contributed by atoms with van der Waals surface area (Å²) < 4.78 is 0. The van der Waals surface area contributed by atoms with Crippen molar-refractivity contribution in [2.24, 2.45) is 5.92 Å². The molecular weight excluding hydrogens is 260 g/mol. The number of piperidine rings is 1. The minimum absolute atomic E-state index is 0.207. The van der Waals surface area contributed by atoms with E-state index < -0.39 is 0 Å². The first-order chi connectivity index (χ1) is 10.1. The highest BCUT2D eigenvalue weighted by atomic mass is 16.2. The summed E-state index contributed by atoms with van der Waals surface area (Å²) in [5.74, 6) is 0.905. The minimum atomic E-state index is -0.343. The molecule has 2 rings (SSSR count). The fraction of sp³-hybridized carbons (Fsp3) is 0.611. The summed E-state index contributed by atoms with van der Waals surface area (Å²) in [6.45, 7) is 7.06. The highest BCUT2D eigenvalue weighted by Gasteiger charge is 2.40. The van der Waals surface area contributed by atoms with Gasteiger partial charge in [0.2, 0.25) is 5.91 Å². The summed E-state index contributed by atoms with van der Waals surface area (Å²) in [6.07, 6.45) is 3.99. The molecule has 1 amide bonds. The monoisotopic (exact) mass is 288 g/mol. The molecule has 1 saturated heterocycles. The quantitative estimate of drug-likeness (QED) is 0.790. The molecule has 0 bridgehead atoms. The third-order valence-corrected chi connectivity index (χ3v) is 4.46. The second kappa shape index (κ2) is 7.60. The van der Waals surface area contributed by atoms with Crippen molar-refractivity contribution in [3.05, 3.63) is 35.9 Å². The smallest absolute Gasteiger partial charge is 0.230 e. The third-order valence-electron chi connectivity index (χ3n) is 4.46. The molecule has 1 fully saturated rings. The Morgan fingerprint density at radius 3 is 2.52 bits per heavy atom. The van der Waals surface area contributed by atoms with Crippen LogP contribution < -0.4 is 10.6 Å². The van der Waals surface area contributed by atoms with Crippen LogP contribution in [0.5, 0.6) is 0 Å². The molecule has 1 heterocycles.